The van der Waals surface area contributed by atoms with Crippen molar-refractivity contribution < 1.29 is 4.79 Å². The van der Waals surface area contributed by atoms with Crippen LogP contribution in [-0.2, 0) is 11.3 Å². The maximum Gasteiger partial charge on any atom is 0.267 e. The number of nitrogens with two attached hydrogens (primary N) is 1. The van der Waals surface area contributed by atoms with Crippen molar-refractivity contribution in [3.05, 3.63) is 52.8 Å². The molecule has 1 aromatic carbocycles. The number of carbonyl (C=O) groups is 1. The first kappa shape index (κ1) is 20.9. The van der Waals surface area contributed by atoms with E-state index in [0.717, 1.165) is 18.4 Å². The van der Waals surface area contributed by atoms with Gasteiger partial charge in [-0.3, -0.25) is 9.59 Å². The molecule has 1 amide bonds. The molecule has 0 bridgehead atoms. The third kappa shape index (κ3) is 5.69. The second-order valence-electron chi connectivity index (χ2n) is 5.93. The number of halogens is 1. The highest BCUT2D eigenvalue weighted by Crippen LogP contribution is 2.14. The summed E-state index contributed by atoms with van der Waals surface area (Å²) in [5.74, 6) is -0.272. The predicted molar refractivity (Wildman–Crippen MR) is 102 cm³/mol. The molecular weight excluding hydrogens is 340 g/mol. The van der Waals surface area contributed by atoms with Gasteiger partial charge in [-0.05, 0) is 18.9 Å². The molecule has 1 aromatic heterocycles. The summed E-state index contributed by atoms with van der Waals surface area (Å²) in [5, 5.41) is 7.08. The summed E-state index contributed by atoms with van der Waals surface area (Å²) in [4.78, 5) is 24.1. The number of benzene rings is 1. The molecule has 0 aliphatic rings. The molecule has 0 aliphatic carbocycles. The molecule has 2 aromatic rings. The fraction of sp³-hybridized carbons (Fsp3) is 0.389. The molecule has 0 atom stereocenters. The number of nitrogens with zero attached hydrogens (tertiary/aromatic N) is 2. The highest BCUT2D eigenvalue weighted by Gasteiger charge is 2.21. The topological polar surface area (TPSA) is 90.0 Å². The zero-order chi connectivity index (χ0) is 17.6. The van der Waals surface area contributed by atoms with E-state index in [1.807, 2.05) is 44.2 Å². The smallest absolute Gasteiger partial charge is 0.267 e. The van der Waals surface area contributed by atoms with Crippen LogP contribution in [0.3, 0.4) is 0 Å². The van der Waals surface area contributed by atoms with Crippen LogP contribution < -0.4 is 16.6 Å². The lowest BCUT2D eigenvalue weighted by Crippen LogP contribution is -2.50. The van der Waals surface area contributed by atoms with Gasteiger partial charge in [-0.1, -0.05) is 44.2 Å². The molecule has 25 heavy (non-hydrogen) atoms. The molecule has 0 saturated heterocycles. The minimum absolute atomic E-state index is 0. The highest BCUT2D eigenvalue weighted by molar-refractivity contribution is 5.85. The summed E-state index contributed by atoms with van der Waals surface area (Å²) >= 11 is 0. The van der Waals surface area contributed by atoms with Crippen molar-refractivity contribution in [2.45, 2.75) is 38.8 Å². The number of hydrogen-bond acceptors (Lipinski definition) is 4. The summed E-state index contributed by atoms with van der Waals surface area (Å²) in [6.07, 6.45) is 1.54. The summed E-state index contributed by atoms with van der Waals surface area (Å²) < 4.78 is 1.17. The van der Waals surface area contributed by atoms with E-state index < -0.39 is 5.54 Å². The van der Waals surface area contributed by atoms with Gasteiger partial charge >= 0.3 is 0 Å². The molecular formula is C18H25ClN4O2. The van der Waals surface area contributed by atoms with Crippen LogP contribution in [0.2, 0.25) is 0 Å². The average Bonchev–Trinajstić information content (AvgIpc) is 2.62. The minimum Gasteiger partial charge on any atom is -0.353 e. The Hall–Kier alpha value is -2.18. The number of rotatable bonds is 7. The second kappa shape index (κ2) is 9.34. The number of nitrogens with one attached hydrogen (secondary N) is 1. The van der Waals surface area contributed by atoms with Crippen LogP contribution >= 0.6 is 12.4 Å². The Morgan fingerprint density at radius 3 is 2.40 bits per heavy atom. The van der Waals surface area contributed by atoms with Crippen LogP contribution in [0.5, 0.6) is 0 Å². The van der Waals surface area contributed by atoms with Gasteiger partial charge < -0.3 is 11.1 Å². The fourth-order valence-electron chi connectivity index (χ4n) is 2.29. The van der Waals surface area contributed by atoms with Gasteiger partial charge in [0.1, 0.15) is 6.54 Å². The van der Waals surface area contributed by atoms with Crippen LogP contribution in [0.25, 0.3) is 11.3 Å². The van der Waals surface area contributed by atoms with Gasteiger partial charge in [0.05, 0.1) is 5.69 Å². The summed E-state index contributed by atoms with van der Waals surface area (Å²) in [7, 11) is 0. The molecule has 0 saturated carbocycles. The molecule has 0 spiro atoms. The van der Waals surface area contributed by atoms with Crippen molar-refractivity contribution in [2.24, 2.45) is 5.73 Å². The van der Waals surface area contributed by atoms with Crippen LogP contribution in [0.1, 0.15) is 26.7 Å². The summed E-state index contributed by atoms with van der Waals surface area (Å²) in [6, 6.07) is 12.6. The predicted octanol–water partition coefficient (Wildman–Crippen LogP) is 1.97. The van der Waals surface area contributed by atoms with Crippen molar-refractivity contribution in [1.29, 1.82) is 0 Å². The lowest BCUT2D eigenvalue weighted by molar-refractivity contribution is -0.122. The monoisotopic (exact) mass is 364 g/mol. The Morgan fingerprint density at radius 1 is 1.16 bits per heavy atom. The van der Waals surface area contributed by atoms with E-state index in [-0.39, 0.29) is 30.4 Å². The summed E-state index contributed by atoms with van der Waals surface area (Å²) in [6.45, 7) is 4.24. The van der Waals surface area contributed by atoms with Crippen molar-refractivity contribution in [3.8, 4) is 11.3 Å². The Morgan fingerprint density at radius 2 is 1.80 bits per heavy atom. The molecule has 6 nitrogen and oxygen atoms in total. The number of hydrogen-bond donors (Lipinski definition) is 2. The molecule has 0 aliphatic heterocycles. The molecule has 3 N–H and O–H groups in total. The standard InChI is InChI=1S/C18H24N4O2.ClH/c1-3-18(19,4-2)13-20-16(23)12-22-17(24)11-10-15(21-22)14-8-6-5-7-9-14;/h5-11H,3-4,12-13,19H2,1-2H3,(H,20,23);1H. The molecule has 136 valence electrons. The zero-order valence-corrected chi connectivity index (χ0v) is 15.4. The van der Waals surface area contributed by atoms with Gasteiger partial charge in [0.15, 0.2) is 0 Å². The average molecular weight is 365 g/mol. The Kier molecular flexibility index (Phi) is 7.80. The number of amides is 1. The lowest BCUT2D eigenvalue weighted by Gasteiger charge is -2.26. The first-order chi connectivity index (χ1) is 11.5. The molecule has 0 unspecified atom stereocenters. The van der Waals surface area contributed by atoms with Crippen molar-refractivity contribution in [3.63, 3.8) is 0 Å². The van der Waals surface area contributed by atoms with E-state index in [1.165, 1.54) is 10.7 Å². The van der Waals surface area contributed by atoms with E-state index in [2.05, 4.69) is 10.4 Å². The Labute approximate surface area is 153 Å². The lowest BCUT2D eigenvalue weighted by atomic mass is 9.94. The molecule has 1 heterocycles. The van der Waals surface area contributed by atoms with Crippen molar-refractivity contribution in [1.82, 2.24) is 15.1 Å². The van der Waals surface area contributed by atoms with Crippen molar-refractivity contribution >= 4 is 18.3 Å². The van der Waals surface area contributed by atoms with Crippen LogP contribution in [0.15, 0.2) is 47.3 Å². The first-order valence-electron chi connectivity index (χ1n) is 8.16. The number of carbonyl (C=O) groups excluding carboxylic acids is 1. The van der Waals surface area contributed by atoms with E-state index >= 15 is 0 Å². The molecule has 0 fully saturated rings. The quantitative estimate of drug-likeness (QED) is 0.785. The van der Waals surface area contributed by atoms with Crippen LogP contribution in [0.4, 0.5) is 0 Å². The third-order valence-corrected chi connectivity index (χ3v) is 4.28. The minimum atomic E-state index is -0.417. The van der Waals surface area contributed by atoms with E-state index in [1.54, 1.807) is 6.07 Å². The van der Waals surface area contributed by atoms with E-state index in [4.69, 9.17) is 5.73 Å². The van der Waals surface area contributed by atoms with Crippen LogP contribution in [-0.4, -0.2) is 27.8 Å². The highest BCUT2D eigenvalue weighted by atomic mass is 35.5. The van der Waals surface area contributed by atoms with E-state index in [9.17, 15) is 9.59 Å². The largest absolute Gasteiger partial charge is 0.353 e. The number of aromatic nitrogens is 2. The van der Waals surface area contributed by atoms with Gasteiger partial charge in [-0.15, -0.1) is 12.4 Å². The third-order valence-electron chi connectivity index (χ3n) is 4.28. The molecule has 0 radical (unpaired) electrons. The summed E-state index contributed by atoms with van der Waals surface area (Å²) in [5.41, 5.74) is 6.99. The second-order valence-corrected chi connectivity index (χ2v) is 5.93. The van der Waals surface area contributed by atoms with Gasteiger partial charge in [0.25, 0.3) is 5.56 Å². The SMILES string of the molecule is CCC(N)(CC)CNC(=O)Cn1nc(-c2ccccc2)ccc1=O.Cl. The van der Waals surface area contributed by atoms with Gasteiger partial charge in [0, 0.05) is 23.7 Å². The maximum atomic E-state index is 12.1. The Balaban J connectivity index is 0.00000312. The van der Waals surface area contributed by atoms with E-state index in [0.29, 0.717) is 12.2 Å². The van der Waals surface area contributed by atoms with Crippen molar-refractivity contribution in [2.75, 3.05) is 6.54 Å². The molecule has 2 rings (SSSR count). The molecule has 7 heteroatoms. The first-order valence-corrected chi connectivity index (χ1v) is 8.16. The normalized spacial score (nSPS) is 10.8. The Bertz CT molecular complexity index is 742. The fourth-order valence-corrected chi connectivity index (χ4v) is 2.29. The maximum absolute atomic E-state index is 12.1. The van der Waals surface area contributed by atoms with Gasteiger partial charge in [0.2, 0.25) is 5.91 Å². The van der Waals surface area contributed by atoms with Gasteiger partial charge in [-0.25, -0.2) is 4.68 Å². The van der Waals surface area contributed by atoms with Gasteiger partial charge in [-0.2, -0.15) is 5.10 Å². The zero-order valence-electron chi connectivity index (χ0n) is 14.6. The van der Waals surface area contributed by atoms with Crippen LogP contribution in [0, 0.1) is 0 Å².